The third-order valence-corrected chi connectivity index (χ3v) is 5.20. The van der Waals surface area contributed by atoms with Gasteiger partial charge in [-0.1, -0.05) is 12.1 Å². The fourth-order valence-corrected chi connectivity index (χ4v) is 3.86. The van der Waals surface area contributed by atoms with Gasteiger partial charge in [0.2, 0.25) is 0 Å². The predicted octanol–water partition coefficient (Wildman–Crippen LogP) is 2.62. The zero-order chi connectivity index (χ0) is 17.2. The van der Waals surface area contributed by atoms with E-state index in [0.717, 1.165) is 55.1 Å². The molecule has 0 spiro atoms. The summed E-state index contributed by atoms with van der Waals surface area (Å²) < 4.78 is 4.96. The summed E-state index contributed by atoms with van der Waals surface area (Å²) >= 11 is 0. The second-order valence-electron chi connectivity index (χ2n) is 6.86. The van der Waals surface area contributed by atoms with Crippen LogP contribution >= 0.6 is 0 Å². The first kappa shape index (κ1) is 16.1. The van der Waals surface area contributed by atoms with E-state index in [9.17, 15) is 4.79 Å². The molecule has 2 aliphatic rings. The molecule has 0 N–H and O–H groups in total. The van der Waals surface area contributed by atoms with Crippen LogP contribution in [-0.4, -0.2) is 49.2 Å². The summed E-state index contributed by atoms with van der Waals surface area (Å²) in [6, 6.07) is 8.00. The Morgan fingerprint density at radius 2 is 1.60 bits per heavy atom. The average molecular weight is 340 g/mol. The Morgan fingerprint density at radius 3 is 2.24 bits per heavy atom. The quantitative estimate of drug-likeness (QED) is 0.801. The number of methoxy groups -OCH3 is 1. The van der Waals surface area contributed by atoms with Gasteiger partial charge in [0.1, 0.15) is 0 Å². The van der Waals surface area contributed by atoms with Gasteiger partial charge in [0, 0.05) is 26.2 Å². The molecule has 0 bridgehead atoms. The molecule has 132 valence electrons. The summed E-state index contributed by atoms with van der Waals surface area (Å²) in [5, 5.41) is 0. The highest BCUT2D eigenvalue weighted by Crippen LogP contribution is 2.33. The van der Waals surface area contributed by atoms with Crippen LogP contribution < -0.4 is 9.80 Å². The molecule has 1 atom stereocenters. The molecule has 2 saturated heterocycles. The molecule has 4 rings (SSSR count). The van der Waals surface area contributed by atoms with Crippen LogP contribution in [0.4, 0.5) is 11.6 Å². The first-order chi connectivity index (χ1) is 12.3. The van der Waals surface area contributed by atoms with E-state index < -0.39 is 0 Å². The molecule has 3 heterocycles. The number of aromatic nitrogens is 2. The Labute approximate surface area is 147 Å². The van der Waals surface area contributed by atoms with Gasteiger partial charge in [0.25, 0.3) is 0 Å². The summed E-state index contributed by atoms with van der Waals surface area (Å²) in [7, 11) is 1.47. The normalized spacial score (nSPS) is 20.9. The van der Waals surface area contributed by atoms with Crippen LogP contribution in [0.3, 0.4) is 0 Å². The van der Waals surface area contributed by atoms with Crippen LogP contribution in [0.2, 0.25) is 0 Å². The number of anilines is 2. The number of hydrogen-bond acceptors (Lipinski definition) is 6. The Balaban J connectivity index is 1.73. The molecule has 25 heavy (non-hydrogen) atoms. The number of ether oxygens (including phenoxy) is 1. The van der Waals surface area contributed by atoms with Gasteiger partial charge >= 0.3 is 5.97 Å². The van der Waals surface area contributed by atoms with Gasteiger partial charge in [0.05, 0.1) is 24.1 Å². The third kappa shape index (κ3) is 3.13. The number of hydrogen-bond donors (Lipinski definition) is 0. The highest BCUT2D eigenvalue weighted by atomic mass is 16.5. The molecule has 1 aromatic carbocycles. The highest BCUT2D eigenvalue weighted by molar-refractivity contribution is 5.81. The monoisotopic (exact) mass is 340 g/mol. The van der Waals surface area contributed by atoms with Gasteiger partial charge in [0.15, 0.2) is 11.6 Å². The minimum Gasteiger partial charge on any atom is -0.469 e. The maximum atomic E-state index is 12.0. The molecule has 2 aromatic rings. The second-order valence-corrected chi connectivity index (χ2v) is 6.86. The topological polar surface area (TPSA) is 58.6 Å². The number of nitrogens with zero attached hydrogens (tertiary/aromatic N) is 4. The molecule has 0 saturated carbocycles. The van der Waals surface area contributed by atoms with Gasteiger partial charge in [-0.25, -0.2) is 9.97 Å². The fourth-order valence-electron chi connectivity index (χ4n) is 3.86. The molecule has 6 heteroatoms. The maximum absolute atomic E-state index is 12.0. The molecular weight excluding hydrogens is 316 g/mol. The SMILES string of the molecule is COC(=O)C1CCCN(c2nc3ccccc3nc2N2CCCC2)C1. The maximum Gasteiger partial charge on any atom is 0.310 e. The van der Waals surface area contributed by atoms with E-state index in [1.807, 2.05) is 24.3 Å². The molecule has 0 amide bonds. The largest absolute Gasteiger partial charge is 0.469 e. The summed E-state index contributed by atoms with van der Waals surface area (Å²) in [5.74, 6) is 1.66. The van der Waals surface area contributed by atoms with Crippen LogP contribution in [0.15, 0.2) is 24.3 Å². The van der Waals surface area contributed by atoms with Crippen LogP contribution in [0.1, 0.15) is 25.7 Å². The summed E-state index contributed by atoms with van der Waals surface area (Å²) in [5.41, 5.74) is 1.83. The first-order valence-corrected chi connectivity index (χ1v) is 9.11. The molecule has 1 unspecified atom stereocenters. The average Bonchev–Trinajstić information content (AvgIpc) is 3.21. The molecule has 0 aliphatic carbocycles. The van der Waals surface area contributed by atoms with Gasteiger partial charge in [-0.3, -0.25) is 4.79 Å². The van der Waals surface area contributed by atoms with Crippen molar-refractivity contribution in [2.24, 2.45) is 5.92 Å². The van der Waals surface area contributed by atoms with Crippen molar-refractivity contribution in [3.63, 3.8) is 0 Å². The van der Waals surface area contributed by atoms with Crippen molar-refractivity contribution in [3.8, 4) is 0 Å². The molecule has 2 aliphatic heterocycles. The van der Waals surface area contributed by atoms with Crippen molar-refractivity contribution in [3.05, 3.63) is 24.3 Å². The molecule has 6 nitrogen and oxygen atoms in total. The van der Waals surface area contributed by atoms with Crippen molar-refractivity contribution in [2.45, 2.75) is 25.7 Å². The highest BCUT2D eigenvalue weighted by Gasteiger charge is 2.30. The lowest BCUT2D eigenvalue weighted by Crippen LogP contribution is -2.40. The summed E-state index contributed by atoms with van der Waals surface area (Å²) in [6.07, 6.45) is 4.23. The van der Waals surface area contributed by atoms with E-state index in [2.05, 4.69) is 9.80 Å². The van der Waals surface area contributed by atoms with Gasteiger partial charge in [-0.2, -0.15) is 0 Å². The molecule has 1 aromatic heterocycles. The number of benzene rings is 1. The number of carbonyl (C=O) groups excluding carboxylic acids is 1. The standard InChI is InChI=1S/C19H24N4O2/c1-25-19(24)14-7-6-12-23(13-14)18-17(22-10-4-5-11-22)20-15-8-2-3-9-16(15)21-18/h2-3,8-9,14H,4-7,10-13H2,1H3. The van der Waals surface area contributed by atoms with Crippen molar-refractivity contribution in [1.82, 2.24) is 9.97 Å². The van der Waals surface area contributed by atoms with Crippen molar-refractivity contribution >= 4 is 28.6 Å². The van der Waals surface area contributed by atoms with E-state index in [1.165, 1.54) is 20.0 Å². The van der Waals surface area contributed by atoms with E-state index in [0.29, 0.717) is 6.54 Å². The molecule has 2 fully saturated rings. The first-order valence-electron chi connectivity index (χ1n) is 9.11. The third-order valence-electron chi connectivity index (χ3n) is 5.20. The Morgan fingerprint density at radius 1 is 1.00 bits per heavy atom. The summed E-state index contributed by atoms with van der Waals surface area (Å²) in [6.45, 7) is 3.60. The lowest BCUT2D eigenvalue weighted by Gasteiger charge is -2.34. The fraction of sp³-hybridized carbons (Fsp3) is 0.526. The second kappa shape index (κ2) is 6.86. The van der Waals surface area contributed by atoms with E-state index >= 15 is 0 Å². The molecule has 0 radical (unpaired) electrons. The minimum absolute atomic E-state index is 0.0848. The van der Waals surface area contributed by atoms with Gasteiger partial charge < -0.3 is 14.5 Å². The summed E-state index contributed by atoms with van der Waals surface area (Å²) in [4.78, 5) is 26.4. The zero-order valence-electron chi connectivity index (χ0n) is 14.6. The van der Waals surface area contributed by atoms with Crippen molar-refractivity contribution in [2.75, 3.05) is 43.1 Å². The van der Waals surface area contributed by atoms with Crippen LogP contribution in [0.5, 0.6) is 0 Å². The van der Waals surface area contributed by atoms with Crippen LogP contribution in [0.25, 0.3) is 11.0 Å². The zero-order valence-corrected chi connectivity index (χ0v) is 14.6. The Bertz CT molecular complexity index is 773. The number of fused-ring (bicyclic) bond motifs is 1. The lowest BCUT2D eigenvalue weighted by molar-refractivity contribution is -0.145. The van der Waals surface area contributed by atoms with Gasteiger partial charge in [-0.05, 0) is 37.8 Å². The van der Waals surface area contributed by atoms with Crippen molar-refractivity contribution < 1.29 is 9.53 Å². The van der Waals surface area contributed by atoms with Crippen LogP contribution in [0, 0.1) is 5.92 Å². The van der Waals surface area contributed by atoms with E-state index in [-0.39, 0.29) is 11.9 Å². The van der Waals surface area contributed by atoms with E-state index in [1.54, 1.807) is 0 Å². The van der Waals surface area contributed by atoms with E-state index in [4.69, 9.17) is 14.7 Å². The number of piperidine rings is 1. The van der Waals surface area contributed by atoms with Crippen LogP contribution in [-0.2, 0) is 9.53 Å². The van der Waals surface area contributed by atoms with Gasteiger partial charge in [-0.15, -0.1) is 0 Å². The smallest absolute Gasteiger partial charge is 0.310 e. The predicted molar refractivity (Wildman–Crippen MR) is 97.9 cm³/mol. The lowest BCUT2D eigenvalue weighted by atomic mass is 9.98. The number of para-hydroxylation sites is 2. The molecular formula is C19H24N4O2. The Hall–Kier alpha value is -2.37. The minimum atomic E-state index is -0.124. The Kier molecular flexibility index (Phi) is 4.42. The van der Waals surface area contributed by atoms with Crippen molar-refractivity contribution in [1.29, 1.82) is 0 Å². The number of carbonyl (C=O) groups is 1. The number of rotatable bonds is 3. The number of esters is 1.